The zero-order chi connectivity index (χ0) is 21.8. The van der Waals surface area contributed by atoms with E-state index >= 15 is 0 Å². The minimum absolute atomic E-state index is 0.0220. The Morgan fingerprint density at radius 1 is 1.37 bits per heavy atom. The monoisotopic (exact) mass is 407 g/mol. The molecule has 3 aromatic rings. The quantitative estimate of drug-likeness (QED) is 0.344. The predicted molar refractivity (Wildman–Crippen MR) is 105 cm³/mol. The first-order chi connectivity index (χ1) is 14.3. The summed E-state index contributed by atoms with van der Waals surface area (Å²) in [6.07, 6.45) is 1.69. The highest BCUT2D eigenvalue weighted by Gasteiger charge is 2.17. The van der Waals surface area contributed by atoms with Crippen molar-refractivity contribution in [2.75, 3.05) is 0 Å². The fraction of sp³-hybridized carbons (Fsp3) is 0.211. The molecule has 3 rings (SSSR count). The molecule has 0 aliphatic heterocycles. The third-order valence-electron chi connectivity index (χ3n) is 4.27. The van der Waals surface area contributed by atoms with Gasteiger partial charge in [-0.3, -0.25) is 29.5 Å². The molecule has 0 aliphatic carbocycles. The molecule has 30 heavy (non-hydrogen) atoms. The number of nitrogens with zero attached hydrogens (tertiary/aromatic N) is 5. The van der Waals surface area contributed by atoms with Crippen molar-refractivity contribution in [3.05, 3.63) is 63.6 Å². The average molecular weight is 407 g/mol. The normalized spacial score (nSPS) is 11.5. The Morgan fingerprint density at radius 2 is 2.13 bits per heavy atom. The molecule has 0 fully saturated rings. The molecule has 0 unspecified atom stereocenters. The number of carbonyl (C=O) groups excluding carboxylic acids is 2. The van der Waals surface area contributed by atoms with Crippen molar-refractivity contribution in [3.63, 3.8) is 0 Å². The van der Waals surface area contributed by atoms with Crippen LogP contribution in [0.1, 0.15) is 40.4 Å². The summed E-state index contributed by atoms with van der Waals surface area (Å²) >= 11 is 0. The van der Waals surface area contributed by atoms with E-state index in [1.165, 1.54) is 25.1 Å². The second-order valence-electron chi connectivity index (χ2n) is 6.62. The van der Waals surface area contributed by atoms with Crippen LogP contribution in [0.4, 0.5) is 5.69 Å². The van der Waals surface area contributed by atoms with Crippen LogP contribution in [0.2, 0.25) is 0 Å². The highest BCUT2D eigenvalue weighted by Crippen LogP contribution is 2.25. The number of amides is 1. The van der Waals surface area contributed by atoms with E-state index in [0.29, 0.717) is 17.8 Å². The number of H-pyrrole nitrogens is 1. The summed E-state index contributed by atoms with van der Waals surface area (Å²) in [6, 6.07) is 8.85. The zero-order valence-electron chi connectivity index (χ0n) is 16.1. The predicted octanol–water partition coefficient (Wildman–Crippen LogP) is 2.07. The van der Waals surface area contributed by atoms with Crippen molar-refractivity contribution in [2.45, 2.75) is 26.4 Å². The van der Waals surface area contributed by atoms with Crippen molar-refractivity contribution in [1.29, 1.82) is 5.26 Å². The Bertz CT molecular complexity index is 1170. The number of hydrogen-bond acceptors (Lipinski definition) is 7. The number of nitro groups is 1. The molecule has 0 radical (unpaired) electrons. The van der Waals surface area contributed by atoms with Gasteiger partial charge in [-0.15, -0.1) is 0 Å². The van der Waals surface area contributed by atoms with E-state index in [0.717, 1.165) is 0 Å². The van der Waals surface area contributed by atoms with E-state index in [1.807, 2.05) is 0 Å². The van der Waals surface area contributed by atoms with Gasteiger partial charge < -0.3 is 5.32 Å². The van der Waals surface area contributed by atoms with Gasteiger partial charge in [0.1, 0.15) is 23.0 Å². The van der Waals surface area contributed by atoms with Gasteiger partial charge in [0.15, 0.2) is 5.78 Å². The maximum atomic E-state index is 12.3. The number of nitrogens with one attached hydrogen (secondary N) is 2. The van der Waals surface area contributed by atoms with Crippen LogP contribution in [0, 0.1) is 21.4 Å². The highest BCUT2D eigenvalue weighted by atomic mass is 16.6. The first kappa shape index (κ1) is 20.4. The maximum absolute atomic E-state index is 12.3. The van der Waals surface area contributed by atoms with E-state index in [-0.39, 0.29) is 34.5 Å². The number of ketones is 1. The van der Waals surface area contributed by atoms with E-state index < -0.39 is 10.8 Å². The molecule has 0 bridgehead atoms. The summed E-state index contributed by atoms with van der Waals surface area (Å²) in [6.45, 7) is 3.49. The molecule has 0 aliphatic rings. The Balaban J connectivity index is 1.68. The standard InChI is InChI=1S/C19H17N7O4/c1-11(21-19(28)17-8-16(12(2)27)22-23-17)10-25-6-5-15(24-25)13-3-4-14(9-20)18(7-13)26(29)30/h3-8,11H,10H2,1-2H3,(H,21,28)(H,22,23)/t11-/m0/s1. The van der Waals surface area contributed by atoms with Crippen LogP contribution in [0.25, 0.3) is 11.3 Å². The Hall–Kier alpha value is -4.33. The van der Waals surface area contributed by atoms with Crippen LogP contribution < -0.4 is 5.32 Å². The minimum Gasteiger partial charge on any atom is -0.346 e. The lowest BCUT2D eigenvalue weighted by Gasteiger charge is -2.13. The molecule has 0 spiro atoms. The van der Waals surface area contributed by atoms with Gasteiger partial charge in [-0.1, -0.05) is 6.07 Å². The van der Waals surface area contributed by atoms with Crippen LogP contribution in [-0.4, -0.2) is 42.6 Å². The third kappa shape index (κ3) is 4.39. The molecule has 1 aromatic carbocycles. The Kier molecular flexibility index (Phi) is 5.68. The maximum Gasteiger partial charge on any atom is 0.287 e. The number of benzene rings is 1. The first-order valence-corrected chi connectivity index (χ1v) is 8.88. The number of rotatable bonds is 7. The summed E-state index contributed by atoms with van der Waals surface area (Å²) < 4.78 is 1.60. The smallest absolute Gasteiger partial charge is 0.287 e. The molecule has 2 heterocycles. The molecular weight excluding hydrogens is 390 g/mol. The largest absolute Gasteiger partial charge is 0.346 e. The number of hydrogen-bond donors (Lipinski definition) is 2. The summed E-state index contributed by atoms with van der Waals surface area (Å²) in [5.74, 6) is -0.650. The molecule has 2 aromatic heterocycles. The van der Waals surface area contributed by atoms with Crippen LogP contribution in [0.15, 0.2) is 36.5 Å². The molecule has 152 valence electrons. The molecule has 0 saturated heterocycles. The second-order valence-corrected chi connectivity index (χ2v) is 6.62. The van der Waals surface area contributed by atoms with Gasteiger partial charge in [-0.2, -0.15) is 15.5 Å². The summed E-state index contributed by atoms with van der Waals surface area (Å²) in [5.41, 5.74) is 1.06. The molecule has 11 heteroatoms. The van der Waals surface area contributed by atoms with Gasteiger partial charge in [0.2, 0.25) is 0 Å². The number of nitriles is 1. The summed E-state index contributed by atoms with van der Waals surface area (Å²) in [4.78, 5) is 34.1. The van der Waals surface area contributed by atoms with Gasteiger partial charge in [0.05, 0.1) is 17.2 Å². The second kappa shape index (κ2) is 8.36. The van der Waals surface area contributed by atoms with Crippen LogP contribution in [0.5, 0.6) is 0 Å². The minimum atomic E-state index is -0.608. The Morgan fingerprint density at radius 3 is 2.77 bits per heavy atom. The van der Waals surface area contributed by atoms with E-state index in [2.05, 4.69) is 20.6 Å². The van der Waals surface area contributed by atoms with Crippen LogP contribution >= 0.6 is 0 Å². The van der Waals surface area contributed by atoms with Crippen LogP contribution in [-0.2, 0) is 6.54 Å². The van der Waals surface area contributed by atoms with Crippen molar-refractivity contribution < 1.29 is 14.5 Å². The summed E-state index contributed by atoms with van der Waals surface area (Å²) in [7, 11) is 0. The van der Waals surface area contributed by atoms with E-state index in [4.69, 9.17) is 5.26 Å². The molecule has 1 amide bonds. The average Bonchev–Trinajstić information content (AvgIpc) is 3.37. The van der Waals surface area contributed by atoms with Gasteiger partial charge in [0, 0.05) is 30.8 Å². The number of aromatic amines is 1. The SMILES string of the molecule is CC(=O)c1cc(C(=O)N[C@@H](C)Cn2ccc(-c3ccc(C#N)c([N+](=O)[O-])c3)n2)[nH]n1. The molecule has 1 atom stereocenters. The van der Waals surface area contributed by atoms with Gasteiger partial charge in [-0.25, -0.2) is 0 Å². The number of Topliss-reactive ketones (excluding diaryl/α,β-unsaturated/α-hetero) is 1. The van der Waals surface area contributed by atoms with Crippen molar-refractivity contribution in [1.82, 2.24) is 25.3 Å². The molecule has 0 saturated carbocycles. The van der Waals surface area contributed by atoms with E-state index in [9.17, 15) is 19.7 Å². The van der Waals surface area contributed by atoms with Crippen molar-refractivity contribution >= 4 is 17.4 Å². The number of carbonyl (C=O) groups is 2. The molecule has 11 nitrogen and oxygen atoms in total. The van der Waals surface area contributed by atoms with Crippen molar-refractivity contribution in [3.8, 4) is 17.3 Å². The van der Waals surface area contributed by atoms with Gasteiger partial charge in [-0.05, 0) is 25.1 Å². The fourth-order valence-corrected chi connectivity index (χ4v) is 2.80. The third-order valence-corrected chi connectivity index (χ3v) is 4.27. The van der Waals surface area contributed by atoms with Gasteiger partial charge >= 0.3 is 0 Å². The Labute approximate surface area is 170 Å². The number of aromatic nitrogens is 4. The lowest BCUT2D eigenvalue weighted by Crippen LogP contribution is -2.36. The topological polar surface area (TPSA) is 160 Å². The van der Waals surface area contributed by atoms with E-state index in [1.54, 1.807) is 36.0 Å². The highest BCUT2D eigenvalue weighted by molar-refractivity contribution is 5.97. The molecule has 2 N–H and O–H groups in total. The lowest BCUT2D eigenvalue weighted by molar-refractivity contribution is -0.385. The summed E-state index contributed by atoms with van der Waals surface area (Å²) in [5, 5.41) is 33.6. The zero-order valence-corrected chi connectivity index (χ0v) is 16.1. The fourth-order valence-electron chi connectivity index (χ4n) is 2.80. The first-order valence-electron chi connectivity index (χ1n) is 8.88. The number of nitro benzene ring substituents is 1. The lowest BCUT2D eigenvalue weighted by atomic mass is 10.1. The van der Waals surface area contributed by atoms with Crippen molar-refractivity contribution in [2.24, 2.45) is 0 Å². The van der Waals surface area contributed by atoms with Crippen LogP contribution in [0.3, 0.4) is 0 Å². The van der Waals surface area contributed by atoms with Gasteiger partial charge in [0.25, 0.3) is 11.6 Å². The molecular formula is C19H17N7O4.